The minimum atomic E-state index is -2.10. The van der Waals surface area contributed by atoms with Crippen LogP contribution in [0.1, 0.15) is 73.9 Å². The maximum atomic E-state index is 13.4. The van der Waals surface area contributed by atoms with Crippen LogP contribution in [0.5, 0.6) is 17.2 Å². The van der Waals surface area contributed by atoms with Crippen LogP contribution in [0.2, 0.25) is 0 Å². The Kier molecular flexibility index (Phi) is 10.5. The molecule has 0 fully saturated rings. The predicted molar refractivity (Wildman–Crippen MR) is 169 cm³/mol. The average Bonchev–Trinajstić information content (AvgIpc) is 3.00. The van der Waals surface area contributed by atoms with Crippen molar-refractivity contribution in [1.29, 1.82) is 0 Å². The van der Waals surface area contributed by atoms with Gasteiger partial charge in [0.1, 0.15) is 0 Å². The standard InChI is InChI=1S/C19H22O4.C18H21O.Co.O/c1-14(21)23-18-10-6-16(7-11-18)19(2,12-3-13-20)15-4-8-17(22)9-5-15;1-13-7-6-8-15(11-13)18(3,4)16-9-10-17(19-5)14(2)12-16;;/h4-11,20,22H,3,12-13H2,1-2H3;6,8-12H,1-5H3;;/q;;+1;/p-1. The quantitative estimate of drug-likeness (QED) is 0.130. The van der Waals surface area contributed by atoms with Crippen molar-refractivity contribution in [3.05, 3.63) is 118 Å². The normalized spacial score (nSPS) is 13.1. The van der Waals surface area contributed by atoms with Gasteiger partial charge in [0.25, 0.3) is 0 Å². The van der Waals surface area contributed by atoms with Crippen LogP contribution in [0.15, 0.2) is 84.9 Å². The molecule has 0 bridgehead atoms. The Morgan fingerprint density at radius 3 is 1.80 bits per heavy atom. The summed E-state index contributed by atoms with van der Waals surface area (Å²) in [5.74, 6) is 1.50. The van der Waals surface area contributed by atoms with E-state index < -0.39 is 19.3 Å². The summed E-state index contributed by atoms with van der Waals surface area (Å²) < 4.78 is 30.6. The van der Waals surface area contributed by atoms with Gasteiger partial charge in [-0.25, -0.2) is 0 Å². The molecule has 0 aliphatic heterocycles. The zero-order chi connectivity index (χ0) is 32.1. The van der Waals surface area contributed by atoms with E-state index in [0.717, 1.165) is 33.6 Å². The van der Waals surface area contributed by atoms with Gasteiger partial charge in [0.15, 0.2) is 0 Å². The number of esters is 1. The van der Waals surface area contributed by atoms with E-state index >= 15 is 0 Å². The first-order valence-electron chi connectivity index (χ1n) is 14.7. The zero-order valence-electron chi connectivity index (χ0n) is 26.5. The topological polar surface area (TPSA) is 82.1 Å². The van der Waals surface area contributed by atoms with Crippen LogP contribution in [0.25, 0.3) is 0 Å². The van der Waals surface area contributed by atoms with Gasteiger partial charge in [0.2, 0.25) is 0 Å². The molecule has 0 aliphatic carbocycles. The van der Waals surface area contributed by atoms with E-state index in [-0.39, 0.29) is 18.0 Å². The molecule has 4 aromatic carbocycles. The summed E-state index contributed by atoms with van der Waals surface area (Å²) in [6, 6.07) is 27.4. The fourth-order valence-electron chi connectivity index (χ4n) is 5.53. The van der Waals surface area contributed by atoms with Crippen molar-refractivity contribution >= 4 is 10.5 Å². The van der Waals surface area contributed by atoms with Gasteiger partial charge in [-0.05, 0) is 0 Å². The first kappa shape index (κ1) is 33.1. The third kappa shape index (κ3) is 7.29. The average molecular weight is 642 g/mol. The van der Waals surface area contributed by atoms with Crippen LogP contribution in [-0.4, -0.2) is 24.8 Å². The number of methoxy groups -OCH3 is 1. The van der Waals surface area contributed by atoms with Crippen molar-refractivity contribution in [2.45, 2.75) is 65.2 Å². The number of aryl methyl sites for hydroxylation is 2. The molecule has 0 heterocycles. The van der Waals surface area contributed by atoms with Crippen molar-refractivity contribution < 1.29 is 41.0 Å². The summed E-state index contributed by atoms with van der Waals surface area (Å²) in [5, 5.41) is 9.58. The Morgan fingerprint density at radius 1 is 0.773 bits per heavy atom. The maximum absolute atomic E-state index is 13.4. The molecule has 0 amide bonds. The molecule has 44 heavy (non-hydrogen) atoms. The van der Waals surface area contributed by atoms with Crippen molar-refractivity contribution in [2.75, 3.05) is 13.7 Å². The molecule has 0 spiro atoms. The SMILES string of the molecule is COc1ccc(C(C)(C)c2cc[c]([Co](=[O])[O]c3ccc(C(C)(CCCO)c4ccc(OC(C)=O)cc4)cc3)c(C)c2)cc1C. The number of benzene rings is 4. The van der Waals surface area contributed by atoms with Crippen LogP contribution in [0.4, 0.5) is 0 Å². The second-order valence-electron chi connectivity index (χ2n) is 11.8. The summed E-state index contributed by atoms with van der Waals surface area (Å²) in [6.07, 6.45) is 1.33. The van der Waals surface area contributed by atoms with E-state index in [1.165, 1.54) is 12.5 Å². The van der Waals surface area contributed by atoms with Crippen LogP contribution in [-0.2, 0) is 33.4 Å². The van der Waals surface area contributed by atoms with Gasteiger partial charge in [-0.3, -0.25) is 4.79 Å². The van der Waals surface area contributed by atoms with Gasteiger partial charge in [-0.2, -0.15) is 0 Å². The van der Waals surface area contributed by atoms with Crippen molar-refractivity contribution in [2.24, 2.45) is 0 Å². The molecule has 0 radical (unpaired) electrons. The number of hydrogen-bond acceptors (Lipinski definition) is 6. The second kappa shape index (κ2) is 13.9. The Balaban J connectivity index is 1.52. The molecule has 0 saturated heterocycles. The first-order valence-corrected chi connectivity index (χ1v) is 16.0. The number of aliphatic hydroxyl groups is 1. The Morgan fingerprint density at radius 2 is 1.30 bits per heavy atom. The number of rotatable bonds is 12. The van der Waals surface area contributed by atoms with Gasteiger partial charge in [-0.15, -0.1) is 0 Å². The summed E-state index contributed by atoms with van der Waals surface area (Å²) in [4.78, 5) is 11.3. The molecule has 4 aromatic rings. The Labute approximate surface area is 265 Å². The van der Waals surface area contributed by atoms with Crippen LogP contribution >= 0.6 is 0 Å². The van der Waals surface area contributed by atoms with Gasteiger partial charge < -0.3 is 0 Å². The van der Waals surface area contributed by atoms with Crippen LogP contribution < -0.4 is 17.8 Å². The van der Waals surface area contributed by atoms with Crippen LogP contribution in [0.3, 0.4) is 0 Å². The van der Waals surface area contributed by atoms with E-state index in [4.69, 9.17) is 13.3 Å². The third-order valence-electron chi connectivity index (χ3n) is 8.34. The number of ether oxygens (including phenoxy) is 2. The summed E-state index contributed by atoms with van der Waals surface area (Å²) in [5.41, 5.74) is 5.69. The molecule has 6 nitrogen and oxygen atoms in total. The predicted octanol–water partition coefficient (Wildman–Crippen LogP) is 7.22. The van der Waals surface area contributed by atoms with E-state index in [2.05, 4.69) is 39.0 Å². The van der Waals surface area contributed by atoms with Crippen LogP contribution in [0, 0.1) is 13.8 Å². The van der Waals surface area contributed by atoms with Gasteiger partial charge in [0.05, 0.1) is 0 Å². The van der Waals surface area contributed by atoms with Gasteiger partial charge in [0, 0.05) is 6.92 Å². The molecule has 1 N–H and O–H groups in total. The fourth-order valence-corrected chi connectivity index (χ4v) is 6.65. The Bertz CT molecular complexity index is 1630. The number of carbonyl (C=O) groups excluding carboxylic acids is 1. The van der Waals surface area contributed by atoms with E-state index in [0.29, 0.717) is 28.8 Å². The minimum absolute atomic E-state index is 0.0811. The molecule has 4 rings (SSSR count). The molecule has 0 aromatic heterocycles. The summed E-state index contributed by atoms with van der Waals surface area (Å²) in [7, 11) is 1.68. The van der Waals surface area contributed by atoms with Crippen molar-refractivity contribution in [3.63, 3.8) is 0 Å². The van der Waals surface area contributed by atoms with Gasteiger partial charge >= 0.3 is 254 Å². The third-order valence-corrected chi connectivity index (χ3v) is 9.82. The summed E-state index contributed by atoms with van der Waals surface area (Å²) >= 11 is -2.10. The monoisotopic (exact) mass is 641 g/mol. The molecule has 0 aliphatic rings. The van der Waals surface area contributed by atoms with E-state index in [9.17, 15) is 13.8 Å². The molecule has 1 unspecified atom stereocenters. The molecule has 235 valence electrons. The molecule has 7 heteroatoms. The molecular formula is C37H42CoO6. The van der Waals surface area contributed by atoms with Crippen molar-refractivity contribution in [3.8, 4) is 17.2 Å². The molecule has 0 saturated carbocycles. The Hall–Kier alpha value is -3.78. The second-order valence-corrected chi connectivity index (χ2v) is 13.2. The number of hydrogen-bond donors (Lipinski definition) is 1. The summed E-state index contributed by atoms with van der Waals surface area (Å²) in [6.45, 7) is 12.0. The number of aliphatic hydroxyl groups excluding tert-OH is 1. The van der Waals surface area contributed by atoms with E-state index in [1.807, 2.05) is 68.4 Å². The number of carbonyl (C=O) groups is 1. The van der Waals surface area contributed by atoms with Crippen molar-refractivity contribution in [1.82, 2.24) is 0 Å². The molecule has 1 atom stereocenters. The van der Waals surface area contributed by atoms with Gasteiger partial charge in [-0.1, -0.05) is 0 Å². The van der Waals surface area contributed by atoms with E-state index in [1.54, 1.807) is 19.2 Å². The fraction of sp³-hybridized carbons (Fsp3) is 0.324. The zero-order valence-corrected chi connectivity index (χ0v) is 27.6. The molecular weight excluding hydrogens is 599 g/mol. The first-order chi connectivity index (χ1) is 20.9.